The summed E-state index contributed by atoms with van der Waals surface area (Å²) >= 11 is 7.24. The summed E-state index contributed by atoms with van der Waals surface area (Å²) in [6.45, 7) is 0. The molecule has 1 aromatic heterocycles. The van der Waals surface area contributed by atoms with E-state index in [4.69, 9.17) is 16.3 Å². The van der Waals surface area contributed by atoms with Gasteiger partial charge in [-0.3, -0.25) is 0 Å². The number of hydrogen-bond donors (Lipinski definition) is 0. The normalized spacial score (nSPS) is 10.2. The smallest absolute Gasteiger partial charge is 0.357 e. The zero-order valence-corrected chi connectivity index (χ0v) is 11.3. The van der Waals surface area contributed by atoms with Gasteiger partial charge in [-0.1, -0.05) is 11.6 Å². The van der Waals surface area contributed by atoms with Crippen molar-refractivity contribution in [2.45, 2.75) is 0 Å². The lowest BCUT2D eigenvalue weighted by Gasteiger charge is -2.05. The van der Waals surface area contributed by atoms with Gasteiger partial charge in [0, 0.05) is 10.4 Å². The van der Waals surface area contributed by atoms with E-state index in [-0.39, 0.29) is 5.69 Å². The third-order valence-corrected chi connectivity index (χ3v) is 3.40. The fourth-order valence-corrected chi connectivity index (χ4v) is 2.42. The monoisotopic (exact) mass is 283 g/mol. The second-order valence-corrected chi connectivity index (χ2v) is 4.67. The summed E-state index contributed by atoms with van der Waals surface area (Å²) in [6.07, 6.45) is 0. The van der Waals surface area contributed by atoms with Crippen LogP contribution in [0.2, 0.25) is 5.02 Å². The Labute approximate surface area is 113 Å². The number of carbonyl (C=O) groups excluding carboxylic acids is 1. The number of ether oxygens (including phenoxy) is 2. The van der Waals surface area contributed by atoms with Crippen LogP contribution in [-0.4, -0.2) is 25.2 Å². The molecule has 94 valence electrons. The molecule has 1 heterocycles. The molecule has 2 rings (SSSR count). The van der Waals surface area contributed by atoms with Crippen molar-refractivity contribution in [3.05, 3.63) is 34.3 Å². The molecule has 2 aromatic rings. The fourth-order valence-electron chi connectivity index (χ4n) is 1.44. The lowest BCUT2D eigenvalue weighted by Crippen LogP contribution is -2.01. The molecule has 0 amide bonds. The van der Waals surface area contributed by atoms with Gasteiger partial charge >= 0.3 is 5.97 Å². The van der Waals surface area contributed by atoms with Gasteiger partial charge in [0.1, 0.15) is 10.8 Å². The van der Waals surface area contributed by atoms with Gasteiger partial charge < -0.3 is 9.47 Å². The molecule has 0 aliphatic carbocycles. The van der Waals surface area contributed by atoms with Gasteiger partial charge in [-0.05, 0) is 18.2 Å². The van der Waals surface area contributed by atoms with Gasteiger partial charge in [0.15, 0.2) is 5.69 Å². The molecule has 0 bridgehead atoms. The van der Waals surface area contributed by atoms with Crippen LogP contribution in [-0.2, 0) is 4.74 Å². The van der Waals surface area contributed by atoms with E-state index in [1.165, 1.54) is 18.4 Å². The van der Waals surface area contributed by atoms with Gasteiger partial charge in [0.25, 0.3) is 0 Å². The molecular weight excluding hydrogens is 274 g/mol. The summed E-state index contributed by atoms with van der Waals surface area (Å²) in [5.74, 6) is 0.165. The van der Waals surface area contributed by atoms with E-state index in [9.17, 15) is 4.79 Å². The van der Waals surface area contributed by atoms with Crippen LogP contribution < -0.4 is 4.74 Å². The average molecular weight is 284 g/mol. The molecule has 0 unspecified atom stereocenters. The van der Waals surface area contributed by atoms with Crippen molar-refractivity contribution in [1.29, 1.82) is 0 Å². The van der Waals surface area contributed by atoms with E-state index in [1.54, 1.807) is 30.7 Å². The van der Waals surface area contributed by atoms with Gasteiger partial charge in [-0.2, -0.15) is 0 Å². The van der Waals surface area contributed by atoms with Crippen LogP contribution in [0.25, 0.3) is 10.6 Å². The molecule has 1 aromatic carbocycles. The molecular formula is C12H10ClNO3S. The highest BCUT2D eigenvalue weighted by atomic mass is 35.5. The Morgan fingerprint density at radius 3 is 2.83 bits per heavy atom. The molecule has 0 fully saturated rings. The standard InChI is InChI=1S/C12H10ClNO3S/c1-16-10-5-7(13)3-4-8(10)11-14-9(6-18-11)12(15)17-2/h3-6H,1-2H3. The highest BCUT2D eigenvalue weighted by Gasteiger charge is 2.14. The third-order valence-electron chi connectivity index (χ3n) is 2.29. The summed E-state index contributed by atoms with van der Waals surface area (Å²) in [6, 6.07) is 5.26. The lowest BCUT2D eigenvalue weighted by atomic mass is 10.2. The minimum Gasteiger partial charge on any atom is -0.496 e. The minimum atomic E-state index is -0.453. The Morgan fingerprint density at radius 2 is 2.17 bits per heavy atom. The van der Waals surface area contributed by atoms with Crippen molar-refractivity contribution in [1.82, 2.24) is 4.98 Å². The van der Waals surface area contributed by atoms with Crippen molar-refractivity contribution < 1.29 is 14.3 Å². The van der Waals surface area contributed by atoms with E-state index in [0.717, 1.165) is 5.56 Å². The maximum absolute atomic E-state index is 11.3. The summed E-state index contributed by atoms with van der Waals surface area (Å²) < 4.78 is 9.86. The zero-order valence-electron chi connectivity index (χ0n) is 9.77. The molecule has 0 aliphatic rings. The van der Waals surface area contributed by atoms with Crippen LogP contribution in [0.15, 0.2) is 23.6 Å². The zero-order chi connectivity index (χ0) is 13.1. The third kappa shape index (κ3) is 2.47. The van der Waals surface area contributed by atoms with E-state index in [1.807, 2.05) is 0 Å². The number of thiazole rings is 1. The maximum Gasteiger partial charge on any atom is 0.357 e. The SMILES string of the molecule is COC(=O)c1csc(-c2ccc(Cl)cc2OC)n1. The van der Waals surface area contributed by atoms with Gasteiger partial charge in [0.05, 0.1) is 19.8 Å². The van der Waals surface area contributed by atoms with Crippen LogP contribution in [0.3, 0.4) is 0 Å². The number of methoxy groups -OCH3 is 2. The van der Waals surface area contributed by atoms with Gasteiger partial charge in [0.2, 0.25) is 0 Å². The van der Waals surface area contributed by atoms with E-state index in [2.05, 4.69) is 9.72 Å². The molecule has 0 spiro atoms. The van der Waals surface area contributed by atoms with Crippen molar-refractivity contribution in [3.63, 3.8) is 0 Å². The molecule has 0 radical (unpaired) electrons. The molecule has 0 aliphatic heterocycles. The maximum atomic E-state index is 11.3. The molecule has 0 N–H and O–H groups in total. The molecule has 6 heteroatoms. The average Bonchev–Trinajstić information content (AvgIpc) is 2.87. The molecule has 0 saturated carbocycles. The number of nitrogens with zero attached hydrogens (tertiary/aromatic N) is 1. The van der Waals surface area contributed by atoms with Crippen molar-refractivity contribution in [2.75, 3.05) is 14.2 Å². The summed E-state index contributed by atoms with van der Waals surface area (Å²) in [5, 5.41) is 2.92. The summed E-state index contributed by atoms with van der Waals surface area (Å²) in [7, 11) is 2.88. The Hall–Kier alpha value is -1.59. The van der Waals surface area contributed by atoms with Crippen LogP contribution >= 0.6 is 22.9 Å². The van der Waals surface area contributed by atoms with Crippen LogP contribution in [0.1, 0.15) is 10.5 Å². The predicted octanol–water partition coefficient (Wildman–Crippen LogP) is 3.26. The number of benzene rings is 1. The summed E-state index contributed by atoms with van der Waals surface area (Å²) in [4.78, 5) is 15.5. The fraction of sp³-hybridized carbons (Fsp3) is 0.167. The first-order chi connectivity index (χ1) is 8.65. The Morgan fingerprint density at radius 1 is 1.39 bits per heavy atom. The number of carbonyl (C=O) groups is 1. The summed E-state index contributed by atoms with van der Waals surface area (Å²) in [5.41, 5.74) is 1.08. The van der Waals surface area contributed by atoms with Crippen LogP contribution in [0, 0.1) is 0 Å². The Kier molecular flexibility index (Phi) is 3.84. The second kappa shape index (κ2) is 5.37. The first-order valence-corrected chi connectivity index (χ1v) is 6.29. The second-order valence-electron chi connectivity index (χ2n) is 3.37. The molecule has 18 heavy (non-hydrogen) atoms. The van der Waals surface area contributed by atoms with Crippen molar-refractivity contribution in [3.8, 4) is 16.3 Å². The van der Waals surface area contributed by atoms with Crippen LogP contribution in [0.4, 0.5) is 0 Å². The molecule has 0 saturated heterocycles. The number of hydrogen-bond acceptors (Lipinski definition) is 5. The first kappa shape index (κ1) is 12.9. The molecule has 0 atom stereocenters. The molecule has 4 nitrogen and oxygen atoms in total. The largest absolute Gasteiger partial charge is 0.496 e. The van der Waals surface area contributed by atoms with Gasteiger partial charge in [-0.15, -0.1) is 11.3 Å². The number of aromatic nitrogens is 1. The van der Waals surface area contributed by atoms with E-state index in [0.29, 0.717) is 15.8 Å². The lowest BCUT2D eigenvalue weighted by molar-refractivity contribution is 0.0595. The van der Waals surface area contributed by atoms with Crippen LogP contribution in [0.5, 0.6) is 5.75 Å². The van der Waals surface area contributed by atoms with E-state index >= 15 is 0 Å². The number of halogens is 1. The van der Waals surface area contributed by atoms with Crippen molar-refractivity contribution in [2.24, 2.45) is 0 Å². The Bertz CT molecular complexity index is 582. The van der Waals surface area contributed by atoms with Gasteiger partial charge in [-0.25, -0.2) is 9.78 Å². The highest BCUT2D eigenvalue weighted by molar-refractivity contribution is 7.13. The number of rotatable bonds is 3. The Balaban J connectivity index is 2.42. The predicted molar refractivity (Wildman–Crippen MR) is 70.5 cm³/mol. The number of esters is 1. The first-order valence-electron chi connectivity index (χ1n) is 5.03. The van der Waals surface area contributed by atoms with E-state index < -0.39 is 5.97 Å². The topological polar surface area (TPSA) is 48.4 Å². The minimum absolute atomic E-state index is 0.287. The quantitative estimate of drug-likeness (QED) is 0.811. The van der Waals surface area contributed by atoms with Crippen molar-refractivity contribution >= 4 is 28.9 Å². The highest BCUT2D eigenvalue weighted by Crippen LogP contribution is 2.34.